The van der Waals surface area contributed by atoms with E-state index in [0.29, 0.717) is 17.2 Å². The third-order valence-electron chi connectivity index (χ3n) is 2.23. The molecule has 1 aromatic carbocycles. The van der Waals surface area contributed by atoms with Crippen molar-refractivity contribution in [2.45, 2.75) is 6.61 Å². The number of benzene rings is 1. The number of Topliss-reactive ketones (excluding diaryl/α,β-unsaturated/α-hetero) is 1. The van der Waals surface area contributed by atoms with Crippen molar-refractivity contribution >= 4 is 28.7 Å². The SMILES string of the molecule is O=C(COCc1cccs1)c1ccccc1Cl. The zero-order valence-corrected chi connectivity index (χ0v) is 10.6. The van der Waals surface area contributed by atoms with Crippen LogP contribution in [0.1, 0.15) is 15.2 Å². The summed E-state index contributed by atoms with van der Waals surface area (Å²) in [6, 6.07) is 10.9. The molecule has 1 heterocycles. The predicted molar refractivity (Wildman–Crippen MR) is 69.8 cm³/mol. The van der Waals surface area contributed by atoms with Gasteiger partial charge in [-0.2, -0.15) is 0 Å². The average Bonchev–Trinajstić information content (AvgIpc) is 2.82. The summed E-state index contributed by atoms with van der Waals surface area (Å²) in [5.41, 5.74) is 0.514. The van der Waals surface area contributed by atoms with Crippen LogP contribution in [-0.4, -0.2) is 12.4 Å². The molecule has 0 bridgehead atoms. The van der Waals surface area contributed by atoms with Gasteiger partial charge in [0.15, 0.2) is 5.78 Å². The first kappa shape index (κ1) is 12.3. The molecule has 1 aromatic heterocycles. The number of hydrogen-bond acceptors (Lipinski definition) is 3. The minimum atomic E-state index is -0.0906. The van der Waals surface area contributed by atoms with Crippen LogP contribution in [0.4, 0.5) is 0 Å². The van der Waals surface area contributed by atoms with E-state index in [9.17, 15) is 4.79 Å². The van der Waals surface area contributed by atoms with Gasteiger partial charge in [-0.25, -0.2) is 0 Å². The highest BCUT2D eigenvalue weighted by atomic mass is 35.5. The molecule has 0 radical (unpaired) electrons. The smallest absolute Gasteiger partial charge is 0.189 e. The normalized spacial score (nSPS) is 10.4. The topological polar surface area (TPSA) is 26.3 Å². The monoisotopic (exact) mass is 266 g/mol. The Morgan fingerprint density at radius 2 is 2.06 bits per heavy atom. The Morgan fingerprint density at radius 3 is 2.76 bits per heavy atom. The standard InChI is InChI=1S/C13H11ClO2S/c14-12-6-2-1-5-11(12)13(15)9-16-8-10-4-3-7-17-10/h1-7H,8-9H2. The van der Waals surface area contributed by atoms with Crippen LogP contribution < -0.4 is 0 Å². The Morgan fingerprint density at radius 1 is 1.24 bits per heavy atom. The number of hydrogen-bond donors (Lipinski definition) is 0. The summed E-state index contributed by atoms with van der Waals surface area (Å²) in [7, 11) is 0. The van der Waals surface area contributed by atoms with E-state index in [1.165, 1.54) is 0 Å². The molecule has 0 fully saturated rings. The Labute approximate surface area is 109 Å². The number of carbonyl (C=O) groups excluding carboxylic acids is 1. The molecule has 0 N–H and O–H groups in total. The lowest BCUT2D eigenvalue weighted by atomic mass is 10.1. The molecular formula is C13H11ClO2S. The average molecular weight is 267 g/mol. The molecule has 0 atom stereocenters. The molecule has 0 unspecified atom stereocenters. The number of ketones is 1. The molecule has 0 saturated carbocycles. The van der Waals surface area contributed by atoms with Crippen molar-refractivity contribution in [3.05, 3.63) is 57.2 Å². The molecule has 0 aliphatic rings. The van der Waals surface area contributed by atoms with Crippen molar-refractivity contribution in [3.8, 4) is 0 Å². The van der Waals surface area contributed by atoms with Gasteiger partial charge in [0, 0.05) is 10.4 Å². The Hall–Kier alpha value is -1.16. The van der Waals surface area contributed by atoms with Crippen LogP contribution in [-0.2, 0) is 11.3 Å². The summed E-state index contributed by atoms with van der Waals surface area (Å²) >= 11 is 7.53. The van der Waals surface area contributed by atoms with Crippen molar-refractivity contribution < 1.29 is 9.53 Å². The summed E-state index contributed by atoms with van der Waals surface area (Å²) < 4.78 is 5.35. The molecule has 88 valence electrons. The lowest BCUT2D eigenvalue weighted by Crippen LogP contribution is -2.09. The maximum atomic E-state index is 11.8. The maximum Gasteiger partial charge on any atom is 0.189 e. The van der Waals surface area contributed by atoms with Gasteiger partial charge in [0.1, 0.15) is 6.61 Å². The van der Waals surface area contributed by atoms with E-state index in [0.717, 1.165) is 4.88 Å². The van der Waals surface area contributed by atoms with Gasteiger partial charge >= 0.3 is 0 Å². The Kier molecular flexibility index (Phi) is 4.31. The summed E-state index contributed by atoms with van der Waals surface area (Å²) in [5, 5.41) is 2.45. The van der Waals surface area contributed by atoms with Crippen molar-refractivity contribution in [1.82, 2.24) is 0 Å². The van der Waals surface area contributed by atoms with Gasteiger partial charge in [0.25, 0.3) is 0 Å². The van der Waals surface area contributed by atoms with Crippen molar-refractivity contribution in [3.63, 3.8) is 0 Å². The quantitative estimate of drug-likeness (QED) is 0.770. The fourth-order valence-electron chi connectivity index (χ4n) is 1.40. The molecule has 2 nitrogen and oxygen atoms in total. The predicted octanol–water partition coefficient (Wildman–Crippen LogP) is 3.80. The number of rotatable bonds is 5. The van der Waals surface area contributed by atoms with Gasteiger partial charge in [-0.05, 0) is 23.6 Å². The van der Waals surface area contributed by atoms with Crippen LogP contribution in [0.15, 0.2) is 41.8 Å². The second-order valence-corrected chi connectivity index (χ2v) is 4.91. The summed E-state index contributed by atoms with van der Waals surface area (Å²) in [6.45, 7) is 0.523. The van der Waals surface area contributed by atoms with Crippen LogP contribution in [0.3, 0.4) is 0 Å². The molecule has 0 aliphatic carbocycles. The maximum absolute atomic E-state index is 11.8. The van der Waals surface area contributed by atoms with Gasteiger partial charge in [0.2, 0.25) is 0 Å². The fraction of sp³-hybridized carbons (Fsp3) is 0.154. The van der Waals surface area contributed by atoms with E-state index < -0.39 is 0 Å². The van der Waals surface area contributed by atoms with E-state index in [4.69, 9.17) is 16.3 Å². The zero-order valence-electron chi connectivity index (χ0n) is 9.06. The van der Waals surface area contributed by atoms with Gasteiger partial charge in [-0.3, -0.25) is 4.79 Å². The first-order valence-electron chi connectivity index (χ1n) is 5.15. The summed E-state index contributed by atoms with van der Waals surface area (Å²) in [6.07, 6.45) is 0. The van der Waals surface area contributed by atoms with Crippen LogP contribution in [0.25, 0.3) is 0 Å². The van der Waals surface area contributed by atoms with E-state index in [2.05, 4.69) is 0 Å². The van der Waals surface area contributed by atoms with Crippen LogP contribution in [0.2, 0.25) is 5.02 Å². The van der Waals surface area contributed by atoms with Gasteiger partial charge in [0.05, 0.1) is 11.6 Å². The molecule has 17 heavy (non-hydrogen) atoms. The highest BCUT2D eigenvalue weighted by molar-refractivity contribution is 7.09. The fourth-order valence-corrected chi connectivity index (χ4v) is 2.29. The Bertz CT molecular complexity index is 494. The van der Waals surface area contributed by atoms with Gasteiger partial charge in [-0.1, -0.05) is 29.8 Å². The number of carbonyl (C=O) groups is 1. The van der Waals surface area contributed by atoms with E-state index >= 15 is 0 Å². The van der Waals surface area contributed by atoms with Crippen molar-refractivity contribution in [2.24, 2.45) is 0 Å². The lowest BCUT2D eigenvalue weighted by Gasteiger charge is -2.04. The second-order valence-electron chi connectivity index (χ2n) is 3.48. The zero-order chi connectivity index (χ0) is 12.1. The highest BCUT2D eigenvalue weighted by Gasteiger charge is 2.09. The Balaban J connectivity index is 1.88. The minimum absolute atomic E-state index is 0.0572. The number of halogens is 1. The molecule has 0 saturated heterocycles. The third kappa shape index (κ3) is 3.40. The van der Waals surface area contributed by atoms with E-state index in [1.807, 2.05) is 17.5 Å². The number of ether oxygens (including phenoxy) is 1. The van der Waals surface area contributed by atoms with E-state index in [1.54, 1.807) is 35.6 Å². The van der Waals surface area contributed by atoms with Gasteiger partial charge < -0.3 is 4.74 Å². The molecule has 0 amide bonds. The molecule has 2 aromatic rings. The van der Waals surface area contributed by atoms with Crippen LogP contribution in [0.5, 0.6) is 0 Å². The first-order valence-corrected chi connectivity index (χ1v) is 6.41. The minimum Gasteiger partial charge on any atom is -0.368 e. The van der Waals surface area contributed by atoms with Gasteiger partial charge in [-0.15, -0.1) is 11.3 Å². The largest absolute Gasteiger partial charge is 0.368 e. The molecule has 2 rings (SSSR count). The summed E-state index contributed by atoms with van der Waals surface area (Å²) in [4.78, 5) is 12.9. The second kappa shape index (κ2) is 5.96. The van der Waals surface area contributed by atoms with Crippen molar-refractivity contribution in [2.75, 3.05) is 6.61 Å². The lowest BCUT2D eigenvalue weighted by molar-refractivity contribution is 0.0731. The first-order chi connectivity index (χ1) is 8.27. The molecule has 4 heteroatoms. The van der Waals surface area contributed by atoms with Crippen LogP contribution >= 0.6 is 22.9 Å². The summed E-state index contributed by atoms with van der Waals surface area (Å²) in [5.74, 6) is -0.0906. The number of thiophene rings is 1. The van der Waals surface area contributed by atoms with Crippen LogP contribution in [0, 0.1) is 0 Å². The molecule has 0 spiro atoms. The van der Waals surface area contributed by atoms with Crippen molar-refractivity contribution in [1.29, 1.82) is 0 Å². The third-order valence-corrected chi connectivity index (χ3v) is 3.41. The highest BCUT2D eigenvalue weighted by Crippen LogP contribution is 2.16. The van der Waals surface area contributed by atoms with E-state index in [-0.39, 0.29) is 12.4 Å². The molecule has 0 aliphatic heterocycles. The molecular weight excluding hydrogens is 256 g/mol.